The lowest BCUT2D eigenvalue weighted by Crippen LogP contribution is -2.00. The smallest absolute Gasteiger partial charge is 0.164 e. The Hall–Kier alpha value is -7.83. The Morgan fingerprint density at radius 2 is 0.877 bits per heavy atom. The summed E-state index contributed by atoms with van der Waals surface area (Å²) >= 11 is 0. The van der Waals surface area contributed by atoms with E-state index in [1.54, 1.807) is 0 Å². The van der Waals surface area contributed by atoms with Crippen molar-refractivity contribution in [1.29, 1.82) is 0 Å². The summed E-state index contributed by atoms with van der Waals surface area (Å²) in [7, 11) is 0. The summed E-state index contributed by atoms with van der Waals surface area (Å²) in [6, 6.07) is 62.5. The minimum absolute atomic E-state index is 0.553. The molecule has 0 amide bonds. The predicted octanol–water partition coefficient (Wildman–Crippen LogP) is 13.4. The molecule has 0 bridgehead atoms. The third-order valence-electron chi connectivity index (χ3n) is 11.1. The van der Waals surface area contributed by atoms with Gasteiger partial charge in [0.05, 0.1) is 22.1 Å². The van der Waals surface area contributed by atoms with Crippen LogP contribution in [0.3, 0.4) is 0 Å². The monoisotopic (exact) mass is 730 g/mol. The number of aromatic nitrogens is 4. The van der Waals surface area contributed by atoms with Gasteiger partial charge in [0.1, 0.15) is 22.3 Å². The highest BCUT2D eigenvalue weighted by Crippen LogP contribution is 2.43. The van der Waals surface area contributed by atoms with Crippen LogP contribution in [0.5, 0.6) is 0 Å². The van der Waals surface area contributed by atoms with E-state index in [-0.39, 0.29) is 0 Å². The number of fused-ring (bicyclic) bond motifs is 9. The van der Waals surface area contributed by atoms with Gasteiger partial charge in [0.2, 0.25) is 0 Å². The van der Waals surface area contributed by atoms with Crippen LogP contribution < -0.4 is 0 Å². The Morgan fingerprint density at radius 1 is 0.333 bits per heavy atom. The highest BCUT2D eigenvalue weighted by atomic mass is 16.3. The lowest BCUT2D eigenvalue weighted by Gasteiger charge is -2.11. The fourth-order valence-electron chi connectivity index (χ4n) is 8.57. The molecule has 0 atom stereocenters. The second-order valence-corrected chi connectivity index (χ2v) is 14.3. The van der Waals surface area contributed by atoms with Crippen LogP contribution in [0.2, 0.25) is 0 Å². The van der Waals surface area contributed by atoms with Crippen LogP contribution >= 0.6 is 0 Å². The molecule has 0 radical (unpaired) electrons. The maximum absolute atomic E-state index is 6.63. The zero-order valence-electron chi connectivity index (χ0n) is 30.4. The van der Waals surface area contributed by atoms with Gasteiger partial charge in [0, 0.05) is 43.6 Å². The quantitative estimate of drug-likeness (QED) is 0.176. The summed E-state index contributed by atoms with van der Waals surface area (Å²) in [6.07, 6.45) is 0. The normalized spacial score (nSPS) is 11.9. The summed E-state index contributed by atoms with van der Waals surface area (Å²) in [5.74, 6) is 1.69. The minimum atomic E-state index is 0.553. The van der Waals surface area contributed by atoms with Crippen LogP contribution in [0.25, 0.3) is 117 Å². The summed E-state index contributed by atoms with van der Waals surface area (Å²) in [4.78, 5) is 15.5. The molecule has 0 aliphatic carbocycles. The van der Waals surface area contributed by atoms with Crippen LogP contribution in [0.1, 0.15) is 0 Å². The summed E-state index contributed by atoms with van der Waals surface area (Å²) in [6.45, 7) is 0. The van der Waals surface area contributed by atoms with Crippen LogP contribution in [-0.2, 0) is 0 Å². The standard InChI is InChI=1S/C51H30N4O2/c1-3-14-31(15-4-1)34-20-11-25-42-46(34)37-29-28-33(30-45(37)57-42)50-52-49(32-16-5-2-6-17-32)53-51(54-50)38-21-12-26-43-47(38)48-41(24-13-27-44(48)56-43)55-39-22-9-7-18-35(39)36-19-8-10-23-40(36)55/h1-30H. The topological polar surface area (TPSA) is 69.9 Å². The SMILES string of the molecule is c1ccc(-c2nc(-c3ccc4c(c3)oc3cccc(-c5ccccc5)c34)nc(-c3cccc4oc5cccc(-n6c7ccccc7c7ccccc76)c5c34)n2)cc1. The van der Waals surface area contributed by atoms with Crippen LogP contribution in [-0.4, -0.2) is 19.5 Å². The number of rotatable bonds is 5. The van der Waals surface area contributed by atoms with Crippen LogP contribution in [0, 0.1) is 0 Å². The van der Waals surface area contributed by atoms with Gasteiger partial charge in [-0.3, -0.25) is 0 Å². The predicted molar refractivity (Wildman–Crippen MR) is 230 cm³/mol. The van der Waals surface area contributed by atoms with Gasteiger partial charge in [-0.15, -0.1) is 0 Å². The molecule has 266 valence electrons. The van der Waals surface area contributed by atoms with E-state index < -0.39 is 0 Å². The van der Waals surface area contributed by atoms with Crippen molar-refractivity contribution in [3.8, 4) is 51.0 Å². The second kappa shape index (κ2) is 12.3. The second-order valence-electron chi connectivity index (χ2n) is 14.3. The Balaban J connectivity index is 1.10. The molecule has 0 spiro atoms. The van der Waals surface area contributed by atoms with Gasteiger partial charge < -0.3 is 13.4 Å². The fraction of sp³-hybridized carbons (Fsp3) is 0. The van der Waals surface area contributed by atoms with Gasteiger partial charge in [-0.2, -0.15) is 0 Å². The molecule has 0 unspecified atom stereocenters. The first-order valence-electron chi connectivity index (χ1n) is 19.0. The van der Waals surface area contributed by atoms with Gasteiger partial charge in [-0.25, -0.2) is 15.0 Å². The molecule has 8 aromatic carbocycles. The molecule has 0 aliphatic heterocycles. The molecule has 6 nitrogen and oxygen atoms in total. The molecule has 0 aliphatic rings. The van der Waals surface area contributed by atoms with E-state index in [9.17, 15) is 0 Å². The van der Waals surface area contributed by atoms with Crippen molar-refractivity contribution in [1.82, 2.24) is 19.5 Å². The van der Waals surface area contributed by atoms with E-state index in [0.29, 0.717) is 17.5 Å². The van der Waals surface area contributed by atoms with E-state index in [1.165, 1.54) is 10.8 Å². The van der Waals surface area contributed by atoms with Crippen molar-refractivity contribution in [2.75, 3.05) is 0 Å². The van der Waals surface area contributed by atoms with Crippen LogP contribution in [0.15, 0.2) is 191 Å². The first kappa shape index (κ1) is 31.5. The van der Waals surface area contributed by atoms with Gasteiger partial charge in [-0.05, 0) is 59.7 Å². The van der Waals surface area contributed by atoms with E-state index in [4.69, 9.17) is 23.8 Å². The minimum Gasteiger partial charge on any atom is -0.456 e. The average molecular weight is 731 g/mol. The number of benzene rings is 8. The Bertz CT molecular complexity index is 3470. The third kappa shape index (κ3) is 4.87. The largest absolute Gasteiger partial charge is 0.456 e. The molecule has 57 heavy (non-hydrogen) atoms. The fourth-order valence-corrected chi connectivity index (χ4v) is 8.57. The highest BCUT2D eigenvalue weighted by Gasteiger charge is 2.22. The molecule has 0 N–H and O–H groups in total. The molecular formula is C51H30N4O2. The van der Waals surface area contributed by atoms with Gasteiger partial charge >= 0.3 is 0 Å². The lowest BCUT2D eigenvalue weighted by atomic mass is 9.99. The highest BCUT2D eigenvalue weighted by molar-refractivity contribution is 6.18. The number of hydrogen-bond donors (Lipinski definition) is 0. The van der Waals surface area contributed by atoms with E-state index >= 15 is 0 Å². The van der Waals surface area contributed by atoms with Gasteiger partial charge in [0.25, 0.3) is 0 Å². The van der Waals surface area contributed by atoms with Gasteiger partial charge in [0.15, 0.2) is 17.5 Å². The summed E-state index contributed by atoms with van der Waals surface area (Å²) in [5, 5.41) is 6.47. The first-order valence-corrected chi connectivity index (χ1v) is 19.0. The molecule has 0 saturated carbocycles. The van der Waals surface area contributed by atoms with E-state index in [0.717, 1.165) is 88.4 Å². The number of furan rings is 2. The van der Waals surface area contributed by atoms with Crippen molar-refractivity contribution in [2.24, 2.45) is 0 Å². The molecule has 0 saturated heterocycles. The van der Waals surface area contributed by atoms with Crippen molar-refractivity contribution in [2.45, 2.75) is 0 Å². The van der Waals surface area contributed by atoms with Crippen molar-refractivity contribution < 1.29 is 8.83 Å². The van der Waals surface area contributed by atoms with Gasteiger partial charge in [-0.1, -0.05) is 133 Å². The Kier molecular flexibility index (Phi) is 6.83. The summed E-state index contributed by atoms with van der Waals surface area (Å²) in [5.41, 5.74) is 11.3. The Morgan fingerprint density at radius 3 is 1.60 bits per heavy atom. The van der Waals surface area contributed by atoms with E-state index in [2.05, 4.69) is 114 Å². The number of para-hydroxylation sites is 2. The molecule has 4 aromatic heterocycles. The first-order chi connectivity index (χ1) is 28.3. The molecular weight excluding hydrogens is 701 g/mol. The third-order valence-corrected chi connectivity index (χ3v) is 11.1. The maximum Gasteiger partial charge on any atom is 0.164 e. The lowest BCUT2D eigenvalue weighted by molar-refractivity contribution is 0.668. The zero-order chi connectivity index (χ0) is 37.5. The molecule has 12 rings (SSSR count). The zero-order valence-corrected chi connectivity index (χ0v) is 30.4. The van der Waals surface area contributed by atoms with Crippen molar-refractivity contribution in [3.63, 3.8) is 0 Å². The molecule has 4 heterocycles. The molecule has 6 heteroatoms. The van der Waals surface area contributed by atoms with Crippen molar-refractivity contribution >= 4 is 65.7 Å². The van der Waals surface area contributed by atoms with Crippen LogP contribution in [0.4, 0.5) is 0 Å². The molecule has 12 aromatic rings. The van der Waals surface area contributed by atoms with Crippen molar-refractivity contribution in [3.05, 3.63) is 182 Å². The number of hydrogen-bond acceptors (Lipinski definition) is 5. The maximum atomic E-state index is 6.63. The number of nitrogens with zero attached hydrogens (tertiary/aromatic N) is 4. The van der Waals surface area contributed by atoms with E-state index in [1.807, 2.05) is 72.8 Å². The average Bonchev–Trinajstić information content (AvgIpc) is 3.96. The molecule has 0 fully saturated rings. The summed E-state index contributed by atoms with van der Waals surface area (Å²) < 4.78 is 15.5. The Labute approximate surface area is 325 Å².